The first-order valence-corrected chi connectivity index (χ1v) is 4.32. The molecule has 6 heteroatoms. The molecular formula is C9H7ClFNO3. The number of carbonyl (C=O) groups is 2. The summed E-state index contributed by atoms with van der Waals surface area (Å²) in [6.45, 7) is -0.234. The normalized spacial score (nSPS) is 9.73. The van der Waals surface area contributed by atoms with Crippen molar-refractivity contribution in [2.75, 3.05) is 0 Å². The fraction of sp³-hybridized carbons (Fsp3) is 0.111. The van der Waals surface area contributed by atoms with Crippen molar-refractivity contribution in [3.63, 3.8) is 0 Å². The summed E-state index contributed by atoms with van der Waals surface area (Å²) in [7, 11) is 0. The molecule has 2 N–H and O–H groups in total. The third kappa shape index (κ3) is 2.92. The Labute approximate surface area is 89.7 Å². The maximum atomic E-state index is 13.3. The molecule has 0 unspecified atom stereocenters. The molecule has 0 fully saturated rings. The van der Waals surface area contributed by atoms with Crippen molar-refractivity contribution in [1.82, 2.24) is 5.32 Å². The van der Waals surface area contributed by atoms with E-state index in [2.05, 4.69) is 0 Å². The van der Waals surface area contributed by atoms with Crippen molar-refractivity contribution in [3.8, 4) is 0 Å². The van der Waals surface area contributed by atoms with Gasteiger partial charge in [-0.25, -0.2) is 9.18 Å². The highest BCUT2D eigenvalue weighted by atomic mass is 35.5. The summed E-state index contributed by atoms with van der Waals surface area (Å²) in [4.78, 5) is 20.6. The summed E-state index contributed by atoms with van der Waals surface area (Å²) in [6.07, 6.45) is -0.766. The Kier molecular flexibility index (Phi) is 3.62. The van der Waals surface area contributed by atoms with Crippen molar-refractivity contribution >= 4 is 24.0 Å². The van der Waals surface area contributed by atoms with Crippen molar-refractivity contribution in [2.24, 2.45) is 0 Å². The van der Waals surface area contributed by atoms with E-state index in [1.807, 2.05) is 5.32 Å². The second-order valence-corrected chi connectivity index (χ2v) is 3.16. The van der Waals surface area contributed by atoms with Crippen LogP contribution in [0.1, 0.15) is 15.9 Å². The number of rotatable bonds is 3. The summed E-state index contributed by atoms with van der Waals surface area (Å²) in [6, 6.07) is 2.41. The molecule has 1 rings (SSSR count). The average molecular weight is 232 g/mol. The Morgan fingerprint density at radius 3 is 2.80 bits per heavy atom. The summed E-state index contributed by atoms with van der Waals surface area (Å²) >= 11 is 5.50. The van der Waals surface area contributed by atoms with Crippen LogP contribution in [-0.2, 0) is 6.54 Å². The Hall–Kier alpha value is -1.62. The predicted molar refractivity (Wildman–Crippen MR) is 51.7 cm³/mol. The third-order valence-corrected chi connectivity index (χ3v) is 1.97. The number of benzene rings is 1. The van der Waals surface area contributed by atoms with Gasteiger partial charge in [-0.15, -0.1) is 0 Å². The molecule has 0 aliphatic rings. The van der Waals surface area contributed by atoms with Gasteiger partial charge in [0.2, 0.25) is 0 Å². The van der Waals surface area contributed by atoms with Crippen LogP contribution in [0.4, 0.5) is 9.18 Å². The van der Waals surface area contributed by atoms with Crippen LogP contribution in [-0.4, -0.2) is 17.5 Å². The van der Waals surface area contributed by atoms with Crippen molar-refractivity contribution in [1.29, 1.82) is 0 Å². The second kappa shape index (κ2) is 4.75. The Morgan fingerprint density at radius 2 is 2.27 bits per heavy atom. The van der Waals surface area contributed by atoms with Crippen LogP contribution in [0.15, 0.2) is 12.1 Å². The van der Waals surface area contributed by atoms with E-state index in [-0.39, 0.29) is 22.7 Å². The number of hydrogen-bond donors (Lipinski definition) is 2. The first-order chi connectivity index (χ1) is 7.04. The van der Waals surface area contributed by atoms with Gasteiger partial charge in [0.1, 0.15) is 12.1 Å². The smallest absolute Gasteiger partial charge is 0.404 e. The van der Waals surface area contributed by atoms with E-state index in [4.69, 9.17) is 16.7 Å². The molecule has 0 saturated heterocycles. The Morgan fingerprint density at radius 1 is 1.60 bits per heavy atom. The quantitative estimate of drug-likeness (QED) is 0.783. The van der Waals surface area contributed by atoms with Crippen LogP contribution in [0, 0.1) is 5.82 Å². The summed E-state index contributed by atoms with van der Waals surface area (Å²) < 4.78 is 13.3. The molecule has 0 aliphatic heterocycles. The number of aldehydes is 1. The minimum Gasteiger partial charge on any atom is -0.465 e. The summed E-state index contributed by atoms with van der Waals surface area (Å²) in [5.74, 6) is -0.726. The van der Waals surface area contributed by atoms with Crippen LogP contribution in [0.5, 0.6) is 0 Å². The van der Waals surface area contributed by atoms with E-state index in [1.165, 1.54) is 12.1 Å². The second-order valence-electron chi connectivity index (χ2n) is 2.75. The minimum absolute atomic E-state index is 0.0343. The largest absolute Gasteiger partial charge is 0.465 e. The fourth-order valence-electron chi connectivity index (χ4n) is 1.04. The van der Waals surface area contributed by atoms with Gasteiger partial charge in [0, 0.05) is 17.7 Å². The molecule has 1 amide bonds. The van der Waals surface area contributed by atoms with Gasteiger partial charge in [0.15, 0.2) is 0 Å². The highest BCUT2D eigenvalue weighted by Crippen LogP contribution is 2.20. The molecule has 0 aliphatic carbocycles. The van der Waals surface area contributed by atoms with Gasteiger partial charge in [-0.05, 0) is 12.1 Å². The van der Waals surface area contributed by atoms with Gasteiger partial charge >= 0.3 is 6.09 Å². The highest BCUT2D eigenvalue weighted by Gasteiger charge is 2.09. The molecule has 0 saturated carbocycles. The van der Waals surface area contributed by atoms with Gasteiger partial charge in [0.05, 0.1) is 5.02 Å². The first-order valence-electron chi connectivity index (χ1n) is 3.94. The summed E-state index contributed by atoms with van der Waals surface area (Å²) in [5, 5.41) is 10.1. The molecule has 1 aromatic rings. The van der Waals surface area contributed by atoms with E-state index in [0.29, 0.717) is 6.29 Å². The molecule has 1 aromatic carbocycles. The standard InChI is InChI=1S/C9H7ClFNO3/c10-7-2-5(4-13)1-6(8(7)11)3-12-9(14)15/h1-2,4,12H,3H2,(H,14,15). The molecule has 4 nitrogen and oxygen atoms in total. The molecule has 0 radical (unpaired) electrons. The Bertz CT molecular complexity index is 409. The Balaban J connectivity index is 2.99. The van der Waals surface area contributed by atoms with Gasteiger partial charge in [-0.3, -0.25) is 4.79 Å². The van der Waals surface area contributed by atoms with E-state index in [9.17, 15) is 14.0 Å². The van der Waals surface area contributed by atoms with E-state index in [1.54, 1.807) is 0 Å². The first kappa shape index (κ1) is 11.5. The van der Waals surface area contributed by atoms with Crippen molar-refractivity contribution in [3.05, 3.63) is 34.1 Å². The maximum Gasteiger partial charge on any atom is 0.404 e. The fourth-order valence-corrected chi connectivity index (χ4v) is 1.28. The number of hydrogen-bond acceptors (Lipinski definition) is 2. The topological polar surface area (TPSA) is 66.4 Å². The van der Waals surface area contributed by atoms with E-state index < -0.39 is 11.9 Å². The molecule has 0 aromatic heterocycles. The molecular weight excluding hydrogens is 225 g/mol. The van der Waals surface area contributed by atoms with Gasteiger partial charge in [-0.2, -0.15) is 0 Å². The monoisotopic (exact) mass is 231 g/mol. The average Bonchev–Trinajstić information content (AvgIpc) is 2.19. The van der Waals surface area contributed by atoms with Crippen molar-refractivity contribution < 1.29 is 19.1 Å². The van der Waals surface area contributed by atoms with Gasteiger partial charge in [0.25, 0.3) is 0 Å². The number of carboxylic acid groups (broad SMARTS) is 1. The van der Waals surface area contributed by atoms with Crippen LogP contribution >= 0.6 is 11.6 Å². The lowest BCUT2D eigenvalue weighted by molar-refractivity contribution is 0.112. The number of carbonyl (C=O) groups excluding carboxylic acids is 1. The lowest BCUT2D eigenvalue weighted by Gasteiger charge is -2.05. The van der Waals surface area contributed by atoms with Crippen LogP contribution < -0.4 is 5.32 Å². The molecule has 0 atom stereocenters. The number of amides is 1. The zero-order valence-corrected chi connectivity index (χ0v) is 8.21. The van der Waals surface area contributed by atoms with Crippen LogP contribution in [0.2, 0.25) is 5.02 Å². The molecule has 0 bridgehead atoms. The van der Waals surface area contributed by atoms with Gasteiger partial charge < -0.3 is 10.4 Å². The molecule has 80 valence electrons. The third-order valence-electron chi connectivity index (χ3n) is 1.69. The SMILES string of the molecule is O=Cc1cc(Cl)c(F)c(CNC(=O)O)c1. The van der Waals surface area contributed by atoms with Crippen LogP contribution in [0.25, 0.3) is 0 Å². The zero-order chi connectivity index (χ0) is 11.4. The van der Waals surface area contributed by atoms with E-state index in [0.717, 1.165) is 0 Å². The number of nitrogens with one attached hydrogen (secondary N) is 1. The lowest BCUT2D eigenvalue weighted by Crippen LogP contribution is -2.20. The molecule has 15 heavy (non-hydrogen) atoms. The summed E-state index contributed by atoms with van der Waals surface area (Å²) in [5.41, 5.74) is 0.232. The lowest BCUT2D eigenvalue weighted by atomic mass is 10.1. The van der Waals surface area contributed by atoms with Crippen LogP contribution in [0.3, 0.4) is 0 Å². The van der Waals surface area contributed by atoms with Gasteiger partial charge in [-0.1, -0.05) is 11.6 Å². The number of halogens is 2. The predicted octanol–water partition coefficient (Wildman–Crippen LogP) is 2.06. The zero-order valence-electron chi connectivity index (χ0n) is 7.46. The maximum absolute atomic E-state index is 13.3. The molecule has 0 spiro atoms. The minimum atomic E-state index is -1.28. The molecule has 0 heterocycles. The highest BCUT2D eigenvalue weighted by molar-refractivity contribution is 6.31. The van der Waals surface area contributed by atoms with Crippen molar-refractivity contribution in [2.45, 2.75) is 6.54 Å². The van der Waals surface area contributed by atoms with E-state index >= 15 is 0 Å².